The SMILES string of the molecule is NCCCC[C@H](N)C(=O)NC(=O)N[C@@H](CCC(=O)O)C(=O)O. The minimum absolute atomic E-state index is 0.297. The lowest BCUT2D eigenvalue weighted by molar-refractivity contribution is -0.140. The molecule has 126 valence electrons. The van der Waals surface area contributed by atoms with Crippen LogP contribution in [0.2, 0.25) is 0 Å². The van der Waals surface area contributed by atoms with Crippen LogP contribution in [0.5, 0.6) is 0 Å². The lowest BCUT2D eigenvalue weighted by Gasteiger charge is -2.15. The van der Waals surface area contributed by atoms with Gasteiger partial charge < -0.3 is 27.0 Å². The molecule has 10 nitrogen and oxygen atoms in total. The van der Waals surface area contributed by atoms with E-state index in [-0.39, 0.29) is 6.42 Å². The molecule has 3 amide bonds. The van der Waals surface area contributed by atoms with Gasteiger partial charge in [0.05, 0.1) is 6.04 Å². The summed E-state index contributed by atoms with van der Waals surface area (Å²) in [5.41, 5.74) is 10.9. The quantitative estimate of drug-likeness (QED) is 0.265. The summed E-state index contributed by atoms with van der Waals surface area (Å²) < 4.78 is 0. The maximum Gasteiger partial charge on any atom is 0.326 e. The summed E-state index contributed by atoms with van der Waals surface area (Å²) in [5.74, 6) is -3.32. The number of hydrogen-bond acceptors (Lipinski definition) is 6. The van der Waals surface area contributed by atoms with E-state index in [1.807, 2.05) is 10.6 Å². The van der Waals surface area contributed by atoms with Gasteiger partial charge in [0.1, 0.15) is 6.04 Å². The summed E-state index contributed by atoms with van der Waals surface area (Å²) in [6.07, 6.45) is 0.947. The zero-order valence-electron chi connectivity index (χ0n) is 12.1. The Morgan fingerprint density at radius 3 is 2.18 bits per heavy atom. The second-order valence-electron chi connectivity index (χ2n) is 4.68. The fourth-order valence-corrected chi connectivity index (χ4v) is 1.56. The highest BCUT2D eigenvalue weighted by atomic mass is 16.4. The van der Waals surface area contributed by atoms with Crippen LogP contribution in [0.1, 0.15) is 32.1 Å². The third kappa shape index (κ3) is 8.87. The van der Waals surface area contributed by atoms with Crippen molar-refractivity contribution in [2.45, 2.75) is 44.2 Å². The topological polar surface area (TPSA) is 185 Å². The molecule has 0 aromatic heterocycles. The Hall–Kier alpha value is -2.20. The molecule has 0 saturated heterocycles. The molecule has 0 heterocycles. The number of unbranched alkanes of at least 4 members (excludes halogenated alkanes) is 1. The van der Waals surface area contributed by atoms with E-state index in [4.69, 9.17) is 21.7 Å². The predicted molar refractivity (Wildman–Crippen MR) is 75.8 cm³/mol. The Labute approximate surface area is 127 Å². The highest BCUT2D eigenvalue weighted by Crippen LogP contribution is 1.99. The van der Waals surface area contributed by atoms with E-state index in [1.54, 1.807) is 0 Å². The molecule has 0 rings (SSSR count). The molecule has 0 fully saturated rings. The van der Waals surface area contributed by atoms with E-state index in [1.165, 1.54) is 0 Å². The molecule has 0 aromatic rings. The van der Waals surface area contributed by atoms with Crippen molar-refractivity contribution < 1.29 is 29.4 Å². The molecule has 0 aliphatic heterocycles. The lowest BCUT2D eigenvalue weighted by Crippen LogP contribution is -2.51. The van der Waals surface area contributed by atoms with Gasteiger partial charge in [-0.2, -0.15) is 0 Å². The number of carboxylic acids is 2. The zero-order chi connectivity index (χ0) is 17.1. The minimum atomic E-state index is -1.41. The van der Waals surface area contributed by atoms with Crippen molar-refractivity contribution in [3.05, 3.63) is 0 Å². The first-order valence-corrected chi connectivity index (χ1v) is 6.79. The molecular weight excluding hydrogens is 296 g/mol. The Morgan fingerprint density at radius 1 is 1.05 bits per heavy atom. The predicted octanol–water partition coefficient (Wildman–Crippen LogP) is -1.41. The van der Waals surface area contributed by atoms with E-state index >= 15 is 0 Å². The number of aliphatic carboxylic acids is 2. The van der Waals surface area contributed by atoms with Gasteiger partial charge in [-0.25, -0.2) is 9.59 Å². The van der Waals surface area contributed by atoms with Crippen molar-refractivity contribution in [3.8, 4) is 0 Å². The second-order valence-corrected chi connectivity index (χ2v) is 4.68. The first-order valence-electron chi connectivity index (χ1n) is 6.79. The summed E-state index contributed by atoms with van der Waals surface area (Å²) in [5, 5.41) is 21.3. The van der Waals surface area contributed by atoms with Crippen molar-refractivity contribution in [3.63, 3.8) is 0 Å². The van der Waals surface area contributed by atoms with Crippen molar-refractivity contribution in [1.29, 1.82) is 0 Å². The lowest BCUT2D eigenvalue weighted by atomic mass is 10.1. The normalized spacial score (nSPS) is 13.0. The molecule has 10 heteroatoms. The molecular formula is C12H22N4O6. The average molecular weight is 318 g/mol. The van der Waals surface area contributed by atoms with E-state index in [2.05, 4.69) is 0 Å². The number of nitrogens with two attached hydrogens (primary N) is 2. The number of amides is 3. The van der Waals surface area contributed by atoms with Crippen LogP contribution in [0.15, 0.2) is 0 Å². The summed E-state index contributed by atoms with van der Waals surface area (Å²) in [6, 6.07) is -3.34. The van der Waals surface area contributed by atoms with E-state index in [9.17, 15) is 19.2 Å². The molecule has 0 aliphatic carbocycles. The summed E-state index contributed by atoms with van der Waals surface area (Å²) in [6.45, 7) is 0.471. The van der Waals surface area contributed by atoms with Crippen LogP contribution in [0.3, 0.4) is 0 Å². The van der Waals surface area contributed by atoms with Crippen LogP contribution in [-0.2, 0) is 14.4 Å². The van der Waals surface area contributed by atoms with E-state index in [0.717, 1.165) is 0 Å². The first kappa shape index (κ1) is 19.8. The number of imide groups is 1. The number of nitrogens with one attached hydrogen (secondary N) is 2. The molecule has 0 aliphatic rings. The van der Waals surface area contributed by atoms with Crippen LogP contribution in [0.4, 0.5) is 4.79 Å². The minimum Gasteiger partial charge on any atom is -0.481 e. The van der Waals surface area contributed by atoms with Crippen LogP contribution in [0.25, 0.3) is 0 Å². The van der Waals surface area contributed by atoms with Crippen molar-refractivity contribution >= 4 is 23.9 Å². The second kappa shape index (κ2) is 10.5. The van der Waals surface area contributed by atoms with Crippen LogP contribution < -0.4 is 22.1 Å². The molecule has 0 radical (unpaired) electrons. The molecule has 0 saturated carbocycles. The van der Waals surface area contributed by atoms with Crippen LogP contribution in [-0.4, -0.2) is 52.7 Å². The smallest absolute Gasteiger partial charge is 0.326 e. The standard InChI is InChI=1S/C12H22N4O6/c13-6-2-1-3-7(14)10(19)16-12(22)15-8(11(20)21)4-5-9(17)18/h7-8H,1-6,13-14H2,(H,17,18)(H,20,21)(H2,15,16,19,22)/t7-,8-/m0/s1. The van der Waals surface area contributed by atoms with E-state index in [0.29, 0.717) is 25.8 Å². The fourth-order valence-electron chi connectivity index (χ4n) is 1.56. The summed E-state index contributed by atoms with van der Waals surface area (Å²) >= 11 is 0. The number of urea groups is 1. The monoisotopic (exact) mass is 318 g/mol. The van der Waals surface area contributed by atoms with Crippen molar-refractivity contribution in [2.75, 3.05) is 6.54 Å². The molecule has 8 N–H and O–H groups in total. The van der Waals surface area contributed by atoms with Gasteiger partial charge in [0.15, 0.2) is 0 Å². The number of rotatable bonds is 10. The Balaban J connectivity index is 4.29. The van der Waals surface area contributed by atoms with Crippen LogP contribution in [0, 0.1) is 0 Å². The first-order chi connectivity index (χ1) is 10.3. The maximum atomic E-state index is 11.6. The van der Waals surface area contributed by atoms with Crippen molar-refractivity contribution in [1.82, 2.24) is 10.6 Å². The summed E-state index contributed by atoms with van der Waals surface area (Å²) in [4.78, 5) is 44.4. The molecule has 2 atom stereocenters. The molecule has 0 aromatic carbocycles. The summed E-state index contributed by atoms with van der Waals surface area (Å²) in [7, 11) is 0. The molecule has 0 spiro atoms. The number of carbonyl (C=O) groups is 4. The highest BCUT2D eigenvalue weighted by molar-refractivity contribution is 5.98. The van der Waals surface area contributed by atoms with Gasteiger partial charge >= 0.3 is 18.0 Å². The number of carboxylic acid groups (broad SMARTS) is 2. The van der Waals surface area contributed by atoms with Gasteiger partial charge in [0, 0.05) is 6.42 Å². The third-order valence-electron chi connectivity index (χ3n) is 2.79. The Bertz CT molecular complexity index is 414. The zero-order valence-corrected chi connectivity index (χ0v) is 12.1. The number of hydrogen-bond donors (Lipinski definition) is 6. The van der Waals surface area contributed by atoms with Gasteiger partial charge in [-0.3, -0.25) is 14.9 Å². The Morgan fingerprint density at radius 2 is 1.68 bits per heavy atom. The van der Waals surface area contributed by atoms with Crippen LogP contribution >= 0.6 is 0 Å². The average Bonchev–Trinajstić information content (AvgIpc) is 2.42. The fraction of sp³-hybridized carbons (Fsp3) is 0.667. The van der Waals surface area contributed by atoms with E-state index < -0.39 is 42.4 Å². The largest absolute Gasteiger partial charge is 0.481 e. The maximum absolute atomic E-state index is 11.6. The van der Waals surface area contributed by atoms with Gasteiger partial charge in [-0.05, 0) is 25.8 Å². The van der Waals surface area contributed by atoms with Crippen molar-refractivity contribution in [2.24, 2.45) is 11.5 Å². The number of carbonyl (C=O) groups excluding carboxylic acids is 2. The van der Waals surface area contributed by atoms with Gasteiger partial charge in [-0.1, -0.05) is 6.42 Å². The van der Waals surface area contributed by atoms with Gasteiger partial charge in [0.2, 0.25) is 5.91 Å². The Kier molecular flexibility index (Phi) is 9.46. The molecule has 22 heavy (non-hydrogen) atoms. The molecule has 0 bridgehead atoms. The third-order valence-corrected chi connectivity index (χ3v) is 2.79. The van der Waals surface area contributed by atoms with Gasteiger partial charge in [-0.15, -0.1) is 0 Å². The highest BCUT2D eigenvalue weighted by Gasteiger charge is 2.23. The molecule has 0 unspecified atom stereocenters. The van der Waals surface area contributed by atoms with Gasteiger partial charge in [0.25, 0.3) is 0 Å².